The van der Waals surface area contributed by atoms with E-state index in [0.29, 0.717) is 0 Å². The van der Waals surface area contributed by atoms with Crippen LogP contribution in [0.1, 0.15) is 22.3 Å². The predicted molar refractivity (Wildman–Crippen MR) is 106 cm³/mol. The minimum atomic E-state index is 0.782. The normalized spacial score (nSPS) is 11.3. The Kier molecular flexibility index (Phi) is 4.78. The second kappa shape index (κ2) is 7.34. The molecule has 0 aliphatic heterocycles. The van der Waals surface area contributed by atoms with Gasteiger partial charge in [0.2, 0.25) is 0 Å². The highest BCUT2D eigenvalue weighted by molar-refractivity contribution is 5.73. The quantitative estimate of drug-likeness (QED) is 0.514. The summed E-state index contributed by atoms with van der Waals surface area (Å²) in [6, 6.07) is 24.1. The number of rotatable bonds is 4. The van der Waals surface area contributed by atoms with E-state index >= 15 is 0 Å². The minimum Gasteiger partial charge on any atom is -0.399 e. The van der Waals surface area contributed by atoms with Crippen LogP contribution in [0.4, 0.5) is 11.4 Å². The molecule has 0 spiro atoms. The van der Waals surface area contributed by atoms with Crippen LogP contribution in [0.5, 0.6) is 0 Å². The van der Waals surface area contributed by atoms with Crippen molar-refractivity contribution in [3.63, 3.8) is 0 Å². The fourth-order valence-electron chi connectivity index (χ4n) is 2.32. The topological polar surface area (TPSA) is 52.0 Å². The lowest BCUT2D eigenvalue weighted by molar-refractivity contribution is 1.61. The zero-order valence-corrected chi connectivity index (χ0v) is 13.4. The van der Waals surface area contributed by atoms with Gasteiger partial charge in [-0.2, -0.15) is 0 Å². The summed E-state index contributed by atoms with van der Waals surface area (Å²) in [7, 11) is 0. The zero-order chi connectivity index (χ0) is 16.8. The van der Waals surface area contributed by atoms with Crippen molar-refractivity contribution in [3.8, 4) is 0 Å². The van der Waals surface area contributed by atoms with Gasteiger partial charge in [-0.3, -0.25) is 0 Å². The molecule has 0 saturated carbocycles. The molecule has 2 nitrogen and oxygen atoms in total. The van der Waals surface area contributed by atoms with E-state index in [9.17, 15) is 0 Å². The average Bonchev–Trinajstić information content (AvgIpc) is 2.62. The zero-order valence-electron chi connectivity index (χ0n) is 13.4. The monoisotopic (exact) mass is 312 g/mol. The Morgan fingerprint density at radius 1 is 0.375 bits per heavy atom. The van der Waals surface area contributed by atoms with Crippen LogP contribution in [-0.2, 0) is 0 Å². The van der Waals surface area contributed by atoms with E-state index < -0.39 is 0 Å². The van der Waals surface area contributed by atoms with Crippen molar-refractivity contribution in [2.45, 2.75) is 0 Å². The maximum Gasteiger partial charge on any atom is 0.0314 e. The number of anilines is 2. The summed E-state index contributed by atoms with van der Waals surface area (Å²) in [4.78, 5) is 0. The van der Waals surface area contributed by atoms with E-state index in [1.54, 1.807) is 0 Å². The van der Waals surface area contributed by atoms with Gasteiger partial charge in [-0.1, -0.05) is 72.8 Å². The molecule has 0 fully saturated rings. The van der Waals surface area contributed by atoms with Gasteiger partial charge in [0.05, 0.1) is 0 Å². The van der Waals surface area contributed by atoms with Gasteiger partial charge in [-0.25, -0.2) is 0 Å². The molecule has 3 aromatic rings. The molecule has 24 heavy (non-hydrogen) atoms. The van der Waals surface area contributed by atoms with Crippen LogP contribution in [0.25, 0.3) is 24.3 Å². The first-order valence-corrected chi connectivity index (χ1v) is 7.86. The van der Waals surface area contributed by atoms with Crippen LogP contribution >= 0.6 is 0 Å². The molecule has 0 radical (unpaired) electrons. The predicted octanol–water partition coefficient (Wildman–Crippen LogP) is 5.19. The van der Waals surface area contributed by atoms with E-state index in [1.807, 2.05) is 48.5 Å². The van der Waals surface area contributed by atoms with Crippen LogP contribution in [0, 0.1) is 0 Å². The van der Waals surface area contributed by atoms with Gasteiger partial charge in [0.1, 0.15) is 0 Å². The van der Waals surface area contributed by atoms with Gasteiger partial charge < -0.3 is 11.5 Å². The SMILES string of the molecule is Nc1ccc(/C=C/c2ccc(/C=C/c3ccc(N)cc3)cc2)cc1. The highest BCUT2D eigenvalue weighted by Gasteiger charge is 1.91. The molecule has 0 saturated heterocycles. The van der Waals surface area contributed by atoms with Crippen LogP contribution in [0.15, 0.2) is 72.8 Å². The smallest absolute Gasteiger partial charge is 0.0314 e. The third-order valence-corrected chi connectivity index (χ3v) is 3.75. The molecular formula is C22H20N2. The number of hydrogen-bond acceptors (Lipinski definition) is 2. The van der Waals surface area contributed by atoms with E-state index in [0.717, 1.165) is 33.6 Å². The van der Waals surface area contributed by atoms with E-state index in [1.165, 1.54) is 0 Å². The first-order chi connectivity index (χ1) is 11.7. The number of benzene rings is 3. The summed E-state index contributed by atoms with van der Waals surface area (Å²) < 4.78 is 0. The Hall–Kier alpha value is -3.26. The van der Waals surface area contributed by atoms with Crippen molar-refractivity contribution in [1.82, 2.24) is 0 Å². The van der Waals surface area contributed by atoms with Gasteiger partial charge in [0, 0.05) is 11.4 Å². The highest BCUT2D eigenvalue weighted by Crippen LogP contribution is 2.14. The third-order valence-electron chi connectivity index (χ3n) is 3.75. The van der Waals surface area contributed by atoms with Crippen molar-refractivity contribution in [1.29, 1.82) is 0 Å². The van der Waals surface area contributed by atoms with Crippen molar-refractivity contribution >= 4 is 35.7 Å². The lowest BCUT2D eigenvalue weighted by Crippen LogP contribution is -1.82. The molecule has 0 aliphatic carbocycles. The molecule has 0 aliphatic rings. The second-order valence-electron chi connectivity index (χ2n) is 5.67. The Bertz CT molecular complexity index is 765. The lowest BCUT2D eigenvalue weighted by atomic mass is 10.1. The largest absolute Gasteiger partial charge is 0.399 e. The lowest BCUT2D eigenvalue weighted by Gasteiger charge is -1.98. The van der Waals surface area contributed by atoms with Gasteiger partial charge >= 0.3 is 0 Å². The molecule has 118 valence electrons. The maximum atomic E-state index is 5.69. The number of nitrogens with two attached hydrogens (primary N) is 2. The molecule has 4 N–H and O–H groups in total. The molecule has 2 heteroatoms. The Balaban J connectivity index is 1.66. The van der Waals surface area contributed by atoms with Crippen molar-refractivity contribution in [2.24, 2.45) is 0 Å². The van der Waals surface area contributed by atoms with E-state index in [-0.39, 0.29) is 0 Å². The van der Waals surface area contributed by atoms with Crippen molar-refractivity contribution < 1.29 is 0 Å². The maximum absolute atomic E-state index is 5.69. The van der Waals surface area contributed by atoms with Gasteiger partial charge in [-0.15, -0.1) is 0 Å². The standard InChI is InChI=1S/C22H20N2/c23-21-13-9-19(10-14-21)7-5-17-1-2-18(4-3-17)6-8-20-11-15-22(24)16-12-20/h1-16H,23-24H2/b7-5+,8-6+. The van der Waals surface area contributed by atoms with Gasteiger partial charge in [0.15, 0.2) is 0 Å². The van der Waals surface area contributed by atoms with Crippen molar-refractivity contribution in [2.75, 3.05) is 11.5 Å². The minimum absolute atomic E-state index is 0.782. The Labute approximate surface area is 142 Å². The van der Waals surface area contributed by atoms with E-state index in [4.69, 9.17) is 11.5 Å². The van der Waals surface area contributed by atoms with Crippen LogP contribution in [0.2, 0.25) is 0 Å². The molecule has 0 bridgehead atoms. The van der Waals surface area contributed by atoms with Crippen LogP contribution in [-0.4, -0.2) is 0 Å². The van der Waals surface area contributed by atoms with Crippen LogP contribution < -0.4 is 11.5 Å². The highest BCUT2D eigenvalue weighted by atomic mass is 14.5. The molecule has 3 rings (SSSR count). The summed E-state index contributed by atoms with van der Waals surface area (Å²) in [5.41, 5.74) is 17.5. The second-order valence-corrected chi connectivity index (χ2v) is 5.67. The first-order valence-electron chi connectivity index (χ1n) is 7.86. The summed E-state index contributed by atoms with van der Waals surface area (Å²) in [6.45, 7) is 0. The average molecular weight is 312 g/mol. The third kappa shape index (κ3) is 4.37. The van der Waals surface area contributed by atoms with Gasteiger partial charge in [-0.05, 0) is 46.5 Å². The Morgan fingerprint density at radius 2 is 0.583 bits per heavy atom. The Morgan fingerprint density at radius 3 is 0.833 bits per heavy atom. The number of hydrogen-bond donors (Lipinski definition) is 2. The van der Waals surface area contributed by atoms with E-state index in [2.05, 4.69) is 48.6 Å². The fraction of sp³-hybridized carbons (Fsp3) is 0. The summed E-state index contributed by atoms with van der Waals surface area (Å²) >= 11 is 0. The summed E-state index contributed by atoms with van der Waals surface area (Å²) in [6.07, 6.45) is 8.36. The van der Waals surface area contributed by atoms with Gasteiger partial charge in [0.25, 0.3) is 0 Å². The molecule has 0 atom stereocenters. The molecular weight excluding hydrogens is 292 g/mol. The molecule has 0 heterocycles. The molecule has 3 aromatic carbocycles. The number of nitrogen functional groups attached to an aromatic ring is 2. The van der Waals surface area contributed by atoms with Crippen LogP contribution in [0.3, 0.4) is 0 Å². The molecule has 0 unspecified atom stereocenters. The first kappa shape index (κ1) is 15.6. The molecule has 0 aromatic heterocycles. The summed E-state index contributed by atoms with van der Waals surface area (Å²) in [5.74, 6) is 0. The molecule has 0 amide bonds. The fourth-order valence-corrected chi connectivity index (χ4v) is 2.32. The van der Waals surface area contributed by atoms with Crippen molar-refractivity contribution in [3.05, 3.63) is 95.1 Å². The summed E-state index contributed by atoms with van der Waals surface area (Å²) in [5, 5.41) is 0.